The Morgan fingerprint density at radius 2 is 1.83 bits per heavy atom. The van der Waals surface area contributed by atoms with Crippen LogP contribution in [0.25, 0.3) is 10.1 Å². The highest BCUT2D eigenvalue weighted by atomic mass is 35.5. The van der Waals surface area contributed by atoms with Crippen molar-refractivity contribution in [3.8, 4) is 0 Å². The predicted molar refractivity (Wildman–Crippen MR) is 103 cm³/mol. The van der Waals surface area contributed by atoms with E-state index in [9.17, 15) is 4.79 Å². The van der Waals surface area contributed by atoms with Gasteiger partial charge in [-0.25, -0.2) is 5.43 Å². The van der Waals surface area contributed by atoms with Crippen molar-refractivity contribution in [3.05, 3.63) is 69.0 Å². The van der Waals surface area contributed by atoms with Gasteiger partial charge in [0.05, 0.1) is 10.7 Å². The lowest BCUT2D eigenvalue weighted by Crippen LogP contribution is -2.19. The van der Waals surface area contributed by atoms with Crippen LogP contribution >= 0.6 is 34.5 Å². The lowest BCUT2D eigenvalue weighted by atomic mass is 10.1. The monoisotopic (exact) mass is 376 g/mol. The van der Waals surface area contributed by atoms with Crippen LogP contribution in [0.2, 0.25) is 10.0 Å². The topological polar surface area (TPSA) is 41.5 Å². The molecule has 0 saturated heterocycles. The van der Waals surface area contributed by atoms with Crippen LogP contribution in [0.1, 0.15) is 28.6 Å². The number of rotatable bonds is 4. The van der Waals surface area contributed by atoms with Gasteiger partial charge in [0.15, 0.2) is 0 Å². The van der Waals surface area contributed by atoms with E-state index >= 15 is 0 Å². The summed E-state index contributed by atoms with van der Waals surface area (Å²) in [4.78, 5) is 12.9. The molecule has 6 heteroatoms. The third kappa shape index (κ3) is 3.46. The molecule has 0 aliphatic carbocycles. The van der Waals surface area contributed by atoms with E-state index in [1.165, 1.54) is 11.3 Å². The molecule has 3 nitrogen and oxygen atoms in total. The van der Waals surface area contributed by atoms with Gasteiger partial charge in [-0.05, 0) is 30.2 Å². The van der Waals surface area contributed by atoms with Crippen molar-refractivity contribution >= 4 is 56.2 Å². The van der Waals surface area contributed by atoms with Crippen LogP contribution in [-0.4, -0.2) is 11.6 Å². The average molecular weight is 377 g/mol. The summed E-state index contributed by atoms with van der Waals surface area (Å²) >= 11 is 13.6. The number of nitrogens with one attached hydrogen (secondary N) is 1. The Kier molecular flexibility index (Phi) is 5.19. The zero-order chi connectivity index (χ0) is 17.1. The molecule has 0 spiro atoms. The van der Waals surface area contributed by atoms with Crippen LogP contribution in [0.5, 0.6) is 0 Å². The van der Waals surface area contributed by atoms with Gasteiger partial charge in [-0.1, -0.05) is 60.5 Å². The highest BCUT2D eigenvalue weighted by Crippen LogP contribution is 2.34. The predicted octanol–water partition coefficient (Wildman–Crippen LogP) is 5.75. The maximum Gasteiger partial charge on any atom is 0.283 e. The minimum Gasteiger partial charge on any atom is -0.266 e. The zero-order valence-electron chi connectivity index (χ0n) is 12.8. The van der Waals surface area contributed by atoms with Crippen molar-refractivity contribution in [2.75, 3.05) is 0 Å². The molecule has 3 rings (SSSR count). The second-order valence-electron chi connectivity index (χ2n) is 5.10. The van der Waals surface area contributed by atoms with E-state index in [0.717, 1.165) is 21.4 Å². The van der Waals surface area contributed by atoms with E-state index in [1.807, 2.05) is 43.3 Å². The molecule has 2 aromatic carbocycles. The first-order valence-electron chi connectivity index (χ1n) is 7.40. The fourth-order valence-corrected chi connectivity index (χ4v) is 3.85. The summed E-state index contributed by atoms with van der Waals surface area (Å²) in [6.45, 7) is 1.98. The number of carbonyl (C=O) groups is 1. The Hall–Kier alpha value is -1.88. The first-order chi connectivity index (χ1) is 11.6. The minimum atomic E-state index is -0.305. The van der Waals surface area contributed by atoms with Crippen molar-refractivity contribution in [3.63, 3.8) is 0 Å². The lowest BCUT2D eigenvalue weighted by molar-refractivity contribution is 0.0959. The first kappa shape index (κ1) is 17.0. The number of hydrazone groups is 1. The largest absolute Gasteiger partial charge is 0.283 e. The van der Waals surface area contributed by atoms with Gasteiger partial charge in [0.1, 0.15) is 4.88 Å². The molecule has 1 aromatic heterocycles. The molecule has 0 atom stereocenters. The molecular formula is C18H14Cl2N2OS. The van der Waals surface area contributed by atoms with Crippen LogP contribution in [0.3, 0.4) is 0 Å². The van der Waals surface area contributed by atoms with Gasteiger partial charge in [-0.2, -0.15) is 5.10 Å². The molecule has 0 aliphatic heterocycles. The molecule has 0 saturated carbocycles. The van der Waals surface area contributed by atoms with Gasteiger partial charge in [0.2, 0.25) is 0 Å². The molecule has 24 heavy (non-hydrogen) atoms. The molecule has 1 amide bonds. The van der Waals surface area contributed by atoms with Crippen molar-refractivity contribution in [1.29, 1.82) is 0 Å². The normalized spacial score (nSPS) is 11.7. The number of benzene rings is 2. The van der Waals surface area contributed by atoms with Crippen molar-refractivity contribution in [2.45, 2.75) is 13.3 Å². The second-order valence-corrected chi connectivity index (χ2v) is 6.97. The maximum absolute atomic E-state index is 12.4. The van der Waals surface area contributed by atoms with Gasteiger partial charge < -0.3 is 0 Å². The summed E-state index contributed by atoms with van der Waals surface area (Å²) in [6, 6.07) is 15.0. The first-order valence-corrected chi connectivity index (χ1v) is 8.97. The molecular weight excluding hydrogens is 363 g/mol. The highest BCUT2D eigenvalue weighted by molar-refractivity contribution is 7.21. The highest BCUT2D eigenvalue weighted by Gasteiger charge is 2.16. The Morgan fingerprint density at radius 3 is 2.50 bits per heavy atom. The number of hydrogen-bond acceptors (Lipinski definition) is 3. The maximum atomic E-state index is 12.4. The Balaban J connectivity index is 1.84. The van der Waals surface area contributed by atoms with Crippen LogP contribution in [0.15, 0.2) is 53.6 Å². The summed E-state index contributed by atoms with van der Waals surface area (Å²) in [5.74, 6) is -0.305. The molecule has 0 radical (unpaired) electrons. The van der Waals surface area contributed by atoms with Crippen LogP contribution in [0.4, 0.5) is 0 Å². The summed E-state index contributed by atoms with van der Waals surface area (Å²) in [6.07, 6.45) is 0.683. The van der Waals surface area contributed by atoms with Gasteiger partial charge in [0.25, 0.3) is 5.91 Å². The third-order valence-electron chi connectivity index (χ3n) is 3.55. The van der Waals surface area contributed by atoms with E-state index in [4.69, 9.17) is 23.2 Å². The number of fused-ring (bicyclic) bond motifs is 1. The Labute approximate surface area is 153 Å². The summed E-state index contributed by atoms with van der Waals surface area (Å²) < 4.78 is 0.977. The molecule has 1 heterocycles. The molecule has 0 bridgehead atoms. The molecule has 3 aromatic rings. The third-order valence-corrected chi connectivity index (χ3v) is 5.47. The van der Waals surface area contributed by atoms with Crippen molar-refractivity contribution < 1.29 is 4.79 Å². The zero-order valence-corrected chi connectivity index (χ0v) is 15.2. The summed E-state index contributed by atoms with van der Waals surface area (Å²) in [5.41, 5.74) is 4.30. The average Bonchev–Trinajstić information content (AvgIpc) is 2.94. The molecule has 122 valence electrons. The van der Waals surface area contributed by atoms with Crippen molar-refractivity contribution in [2.24, 2.45) is 5.10 Å². The standard InChI is InChI=1S/C18H14Cl2N2OS/c1-2-14(11-7-9-12(19)10-8-11)21-22-18(23)17-16(20)13-5-3-4-6-15(13)24-17/h3-10H,2H2,1H3,(H,22,23)/b21-14+. The van der Waals surface area contributed by atoms with E-state index in [2.05, 4.69) is 10.5 Å². The van der Waals surface area contributed by atoms with Gasteiger partial charge >= 0.3 is 0 Å². The van der Waals surface area contributed by atoms with Crippen LogP contribution < -0.4 is 5.43 Å². The van der Waals surface area contributed by atoms with Gasteiger partial charge in [0, 0.05) is 15.1 Å². The fourth-order valence-electron chi connectivity index (χ4n) is 2.32. The SMILES string of the molecule is CC/C(=N\NC(=O)c1sc2ccccc2c1Cl)c1ccc(Cl)cc1. The Morgan fingerprint density at radius 1 is 1.12 bits per heavy atom. The smallest absolute Gasteiger partial charge is 0.266 e. The van der Waals surface area contributed by atoms with E-state index < -0.39 is 0 Å². The van der Waals surface area contributed by atoms with E-state index in [-0.39, 0.29) is 5.91 Å². The summed E-state index contributed by atoms with van der Waals surface area (Å²) in [7, 11) is 0. The lowest BCUT2D eigenvalue weighted by Gasteiger charge is -2.05. The quantitative estimate of drug-likeness (QED) is 0.456. The Bertz CT molecular complexity index is 916. The van der Waals surface area contributed by atoms with Gasteiger partial charge in [-0.15, -0.1) is 11.3 Å². The number of carbonyl (C=O) groups excluding carboxylic acids is 1. The molecule has 0 aliphatic rings. The van der Waals surface area contributed by atoms with E-state index in [1.54, 1.807) is 12.1 Å². The number of amides is 1. The fraction of sp³-hybridized carbons (Fsp3) is 0.111. The molecule has 0 fully saturated rings. The second kappa shape index (κ2) is 7.34. The molecule has 0 unspecified atom stereocenters. The summed E-state index contributed by atoms with van der Waals surface area (Å²) in [5, 5.41) is 6.26. The van der Waals surface area contributed by atoms with Crippen LogP contribution in [0, 0.1) is 0 Å². The minimum absolute atomic E-state index is 0.305. The number of nitrogens with zero attached hydrogens (tertiary/aromatic N) is 1. The number of thiophene rings is 1. The van der Waals surface area contributed by atoms with Crippen LogP contribution in [-0.2, 0) is 0 Å². The van der Waals surface area contributed by atoms with Crippen molar-refractivity contribution in [1.82, 2.24) is 5.43 Å². The van der Waals surface area contributed by atoms with E-state index in [0.29, 0.717) is 21.3 Å². The number of hydrogen-bond donors (Lipinski definition) is 1. The molecule has 1 N–H and O–H groups in total. The van der Waals surface area contributed by atoms with Gasteiger partial charge in [-0.3, -0.25) is 4.79 Å². The number of halogens is 2.